The van der Waals surface area contributed by atoms with Gasteiger partial charge in [0.2, 0.25) is 0 Å². The van der Waals surface area contributed by atoms with Crippen LogP contribution in [-0.4, -0.2) is 71.1 Å². The predicted molar refractivity (Wildman–Crippen MR) is 164 cm³/mol. The second-order valence-electron chi connectivity index (χ2n) is 13.9. The molecule has 1 aromatic rings. The van der Waals surface area contributed by atoms with Crippen molar-refractivity contribution in [1.82, 2.24) is 4.90 Å². The maximum Gasteiger partial charge on any atom is 0.257 e. The monoisotopic (exact) mass is 581 g/mol. The molecule has 224 valence electrons. The van der Waals surface area contributed by atoms with E-state index in [-0.39, 0.29) is 51.7 Å². The molecule has 1 aliphatic rings. The van der Waals surface area contributed by atoms with Crippen LogP contribution in [0.25, 0.3) is 0 Å². The lowest BCUT2D eigenvalue weighted by Gasteiger charge is -2.50. The maximum absolute atomic E-state index is 13.0. The average molecular weight is 582 g/mol. The van der Waals surface area contributed by atoms with E-state index >= 15 is 0 Å². The van der Waals surface area contributed by atoms with Gasteiger partial charge in [-0.3, -0.25) is 4.79 Å². The molecular weight excluding hydrogens is 527 g/mol. The Hall–Kier alpha value is -1.40. The Labute approximate surface area is 239 Å². The minimum absolute atomic E-state index is 0.0357. The molecular formula is C30H55NO6Si2. The maximum atomic E-state index is 13.0. The first-order valence-electron chi connectivity index (χ1n) is 14.4. The highest BCUT2D eigenvalue weighted by molar-refractivity contribution is 6.74. The van der Waals surface area contributed by atoms with Gasteiger partial charge in [-0.05, 0) is 69.2 Å². The number of methoxy groups -OCH3 is 1. The molecule has 7 nitrogen and oxygen atoms in total. The van der Waals surface area contributed by atoms with E-state index < -0.39 is 16.6 Å². The molecule has 0 spiro atoms. The van der Waals surface area contributed by atoms with E-state index in [1.54, 1.807) is 24.1 Å². The minimum atomic E-state index is -2.14. The summed E-state index contributed by atoms with van der Waals surface area (Å²) in [4.78, 5) is 14.7. The van der Waals surface area contributed by atoms with Crippen LogP contribution in [-0.2, 0) is 13.6 Å². The fraction of sp³-hybridized carbons (Fsp3) is 0.767. The van der Waals surface area contributed by atoms with E-state index in [0.717, 1.165) is 0 Å². The molecule has 0 radical (unpaired) electrons. The second kappa shape index (κ2) is 12.2. The van der Waals surface area contributed by atoms with Crippen molar-refractivity contribution in [3.8, 4) is 11.5 Å². The zero-order valence-corrected chi connectivity index (χ0v) is 29.0. The molecule has 1 aliphatic heterocycles. The van der Waals surface area contributed by atoms with Crippen LogP contribution in [0.4, 0.5) is 0 Å². The Morgan fingerprint density at radius 1 is 1.00 bits per heavy atom. The molecule has 1 amide bonds. The molecule has 1 heterocycles. The number of benzene rings is 1. The van der Waals surface area contributed by atoms with Gasteiger partial charge >= 0.3 is 0 Å². The minimum Gasteiger partial charge on any atom is -0.507 e. The summed E-state index contributed by atoms with van der Waals surface area (Å²) in [6, 6.07) is 3.27. The zero-order chi connectivity index (χ0) is 30.1. The largest absolute Gasteiger partial charge is 0.507 e. The lowest BCUT2D eigenvalue weighted by molar-refractivity contribution is -0.154. The number of hydrogen-bond donors (Lipinski definition) is 1. The van der Waals surface area contributed by atoms with Gasteiger partial charge in [-0.25, -0.2) is 0 Å². The molecule has 4 atom stereocenters. The van der Waals surface area contributed by atoms with Crippen LogP contribution in [0.1, 0.15) is 90.8 Å². The second-order valence-corrected chi connectivity index (χ2v) is 23.4. The molecule has 1 N–H and O–H groups in total. The standard InChI is InChI=1S/C30H55NO6Si2/c1-15-31(16-2)28(33)21-18-24(34-10)22(17-23(21)32)25-19-26(36-38(11,12)29(4,5)6)27(20(3)35-25)37-39(13,14)30(7,8)9/h17-18,20,25-27,32H,15-16,19H2,1-14H3/t20-,25-,26-,27-/m1/s1. The Morgan fingerprint density at radius 2 is 1.51 bits per heavy atom. The summed E-state index contributed by atoms with van der Waals surface area (Å²) in [6.45, 7) is 29.6. The van der Waals surface area contributed by atoms with Crippen LogP contribution >= 0.6 is 0 Å². The number of ether oxygens (including phenoxy) is 2. The van der Waals surface area contributed by atoms with Gasteiger partial charge in [0, 0.05) is 25.1 Å². The quantitative estimate of drug-likeness (QED) is 0.304. The van der Waals surface area contributed by atoms with E-state index in [9.17, 15) is 9.90 Å². The first kappa shape index (κ1) is 33.8. The number of carbonyl (C=O) groups excluding carboxylic acids is 1. The van der Waals surface area contributed by atoms with Gasteiger partial charge < -0.3 is 28.3 Å². The fourth-order valence-corrected chi connectivity index (χ4v) is 7.18. The van der Waals surface area contributed by atoms with E-state index in [2.05, 4.69) is 74.7 Å². The SMILES string of the molecule is CCN(CC)C(=O)c1cc(OC)c([C@H]2C[C@@H](O[Si](C)(C)C(C)(C)C)[C@H](O[Si](C)(C)C(C)(C)C)[C@@H](C)O2)cc1O. The zero-order valence-electron chi connectivity index (χ0n) is 27.0. The first-order chi connectivity index (χ1) is 17.7. The summed E-state index contributed by atoms with van der Waals surface area (Å²) < 4.78 is 26.4. The summed E-state index contributed by atoms with van der Waals surface area (Å²) in [6.07, 6.45) is -0.448. The fourth-order valence-electron chi connectivity index (χ4n) is 4.46. The lowest BCUT2D eigenvalue weighted by Crippen LogP contribution is -2.57. The average Bonchev–Trinajstić information content (AvgIpc) is 2.79. The Bertz CT molecular complexity index is 994. The van der Waals surface area contributed by atoms with Gasteiger partial charge in [-0.1, -0.05) is 41.5 Å². The van der Waals surface area contributed by atoms with Gasteiger partial charge in [0.15, 0.2) is 16.6 Å². The molecule has 1 aromatic carbocycles. The molecule has 0 saturated carbocycles. The highest BCUT2D eigenvalue weighted by Crippen LogP contribution is 2.46. The molecule has 0 unspecified atom stereocenters. The van der Waals surface area contributed by atoms with Crippen LogP contribution < -0.4 is 4.74 Å². The van der Waals surface area contributed by atoms with Crippen molar-refractivity contribution >= 4 is 22.5 Å². The summed E-state index contributed by atoms with van der Waals surface area (Å²) in [7, 11) is -2.67. The van der Waals surface area contributed by atoms with Crippen molar-refractivity contribution in [2.24, 2.45) is 0 Å². The third kappa shape index (κ3) is 7.47. The van der Waals surface area contributed by atoms with Crippen molar-refractivity contribution in [3.63, 3.8) is 0 Å². The normalized spacial score (nSPS) is 23.0. The summed E-state index contributed by atoms with van der Waals surface area (Å²) in [5, 5.41) is 11.1. The topological polar surface area (TPSA) is 77.5 Å². The van der Waals surface area contributed by atoms with Crippen molar-refractivity contribution in [3.05, 3.63) is 23.3 Å². The van der Waals surface area contributed by atoms with Crippen LogP contribution in [0.2, 0.25) is 36.3 Å². The predicted octanol–water partition coefficient (Wildman–Crippen LogP) is 7.51. The number of aromatic hydroxyl groups is 1. The Morgan fingerprint density at radius 3 is 1.97 bits per heavy atom. The Kier molecular flexibility index (Phi) is 10.6. The lowest BCUT2D eigenvalue weighted by atomic mass is 9.93. The molecule has 9 heteroatoms. The number of phenolic OH excluding ortho intramolecular Hbond substituents is 1. The van der Waals surface area contributed by atoms with Crippen molar-refractivity contribution in [2.75, 3.05) is 20.2 Å². The molecule has 1 fully saturated rings. The van der Waals surface area contributed by atoms with Crippen LogP contribution in [0, 0.1) is 0 Å². The van der Waals surface area contributed by atoms with Crippen molar-refractivity contribution < 1.29 is 28.2 Å². The van der Waals surface area contributed by atoms with Crippen molar-refractivity contribution in [2.45, 2.75) is 129 Å². The number of amides is 1. The van der Waals surface area contributed by atoms with Crippen molar-refractivity contribution in [1.29, 1.82) is 0 Å². The van der Waals surface area contributed by atoms with Gasteiger partial charge in [0.1, 0.15) is 11.5 Å². The summed E-state index contributed by atoms with van der Waals surface area (Å²) >= 11 is 0. The van der Waals surface area contributed by atoms with Crippen LogP contribution in [0.3, 0.4) is 0 Å². The smallest absolute Gasteiger partial charge is 0.257 e. The number of hydrogen-bond acceptors (Lipinski definition) is 6. The van der Waals surface area contributed by atoms with Gasteiger partial charge in [-0.2, -0.15) is 0 Å². The highest BCUT2D eigenvalue weighted by Gasteiger charge is 2.49. The number of nitrogens with zero attached hydrogens (tertiary/aromatic N) is 1. The van der Waals surface area contributed by atoms with Crippen LogP contribution in [0.5, 0.6) is 11.5 Å². The van der Waals surface area contributed by atoms with E-state index in [1.807, 2.05) is 13.8 Å². The van der Waals surface area contributed by atoms with E-state index in [1.165, 1.54) is 0 Å². The number of rotatable bonds is 9. The van der Waals surface area contributed by atoms with Crippen LogP contribution in [0.15, 0.2) is 12.1 Å². The molecule has 0 aliphatic carbocycles. The third-order valence-electron chi connectivity index (χ3n) is 9.12. The van der Waals surface area contributed by atoms with E-state index in [4.69, 9.17) is 18.3 Å². The summed E-state index contributed by atoms with van der Waals surface area (Å²) in [5.41, 5.74) is 0.948. The molecule has 39 heavy (non-hydrogen) atoms. The first-order valence-corrected chi connectivity index (χ1v) is 20.2. The Balaban J connectivity index is 2.53. The van der Waals surface area contributed by atoms with Gasteiger partial charge in [0.05, 0.1) is 37.1 Å². The molecule has 2 rings (SSSR count). The van der Waals surface area contributed by atoms with Gasteiger partial charge in [0.25, 0.3) is 5.91 Å². The third-order valence-corrected chi connectivity index (χ3v) is 18.1. The van der Waals surface area contributed by atoms with E-state index in [0.29, 0.717) is 30.8 Å². The molecule has 0 bridgehead atoms. The molecule has 0 aromatic heterocycles. The highest BCUT2D eigenvalue weighted by atomic mass is 28.4. The number of carbonyl (C=O) groups is 1. The van der Waals surface area contributed by atoms with Gasteiger partial charge in [-0.15, -0.1) is 0 Å². The summed E-state index contributed by atoms with van der Waals surface area (Å²) in [5.74, 6) is 0.234. The number of phenols is 1. The molecule has 1 saturated heterocycles.